The normalized spacial score (nSPS) is 14.0. The van der Waals surface area contributed by atoms with Gasteiger partial charge >= 0.3 is 12.1 Å². The number of aromatic nitrogens is 1. The van der Waals surface area contributed by atoms with Crippen LogP contribution in [0.5, 0.6) is 0 Å². The van der Waals surface area contributed by atoms with Crippen molar-refractivity contribution in [3.8, 4) is 0 Å². The van der Waals surface area contributed by atoms with Gasteiger partial charge in [-0.25, -0.2) is 14.6 Å². The topological polar surface area (TPSA) is 118 Å². The van der Waals surface area contributed by atoms with Crippen LogP contribution in [0.2, 0.25) is 0 Å². The summed E-state index contributed by atoms with van der Waals surface area (Å²) < 4.78 is 4.95. The molecule has 0 saturated carbocycles. The third-order valence-corrected chi connectivity index (χ3v) is 5.12. The van der Waals surface area contributed by atoms with Gasteiger partial charge in [0.05, 0.1) is 6.61 Å². The zero-order chi connectivity index (χ0) is 23.3. The highest BCUT2D eigenvalue weighted by Crippen LogP contribution is 2.20. The molecule has 0 radical (unpaired) electrons. The van der Waals surface area contributed by atoms with E-state index in [9.17, 15) is 19.5 Å². The van der Waals surface area contributed by atoms with E-state index in [1.54, 1.807) is 6.08 Å². The molecular formula is C24H35N3O5. The molecule has 1 aromatic rings. The quantitative estimate of drug-likeness (QED) is 0.311. The van der Waals surface area contributed by atoms with Crippen LogP contribution in [0.25, 0.3) is 0 Å². The maximum Gasteiger partial charge on any atom is 0.407 e. The number of carboxylic acid groups (broad SMARTS) is 1. The Bertz CT molecular complexity index is 807. The van der Waals surface area contributed by atoms with E-state index in [4.69, 9.17) is 4.74 Å². The first-order valence-electron chi connectivity index (χ1n) is 11.4. The van der Waals surface area contributed by atoms with Crippen LogP contribution in [0.15, 0.2) is 24.3 Å². The largest absolute Gasteiger partial charge is 0.480 e. The van der Waals surface area contributed by atoms with Gasteiger partial charge in [-0.15, -0.1) is 0 Å². The minimum absolute atomic E-state index is 0.0150. The summed E-state index contributed by atoms with van der Waals surface area (Å²) in [6.45, 7) is 4.99. The number of aryl methyl sites for hydroxylation is 2. The standard InChI is InChI=1S/C24H35N3O5/c1-17(2)16-32-24(31)27-21(23(29)30)12-6-5-11-20(28)10-4-3-9-19-14-13-18-8-7-15-25-22(18)26-19/h5,11,13-14,17,21H,3-4,6-10,12,15-16H2,1-2H3,(H,25,26)(H,27,31)(H,29,30)/b11-5+. The molecule has 2 rings (SSSR count). The first-order valence-corrected chi connectivity index (χ1v) is 11.4. The SMILES string of the molecule is CC(C)COC(=O)NC(CC/C=C/C(=O)CCCCc1ccc2c(n1)NCCC2)C(=O)O. The van der Waals surface area contributed by atoms with Gasteiger partial charge in [0.2, 0.25) is 0 Å². The van der Waals surface area contributed by atoms with Crippen molar-refractivity contribution in [3.63, 3.8) is 0 Å². The van der Waals surface area contributed by atoms with Crippen molar-refractivity contribution in [3.05, 3.63) is 35.5 Å². The van der Waals surface area contributed by atoms with Crippen molar-refractivity contribution >= 4 is 23.7 Å². The maximum atomic E-state index is 12.0. The van der Waals surface area contributed by atoms with Crippen LogP contribution < -0.4 is 10.6 Å². The van der Waals surface area contributed by atoms with E-state index in [0.29, 0.717) is 12.8 Å². The number of aliphatic carboxylic acids is 1. The third kappa shape index (κ3) is 9.49. The molecule has 1 unspecified atom stereocenters. The number of rotatable bonds is 13. The molecule has 3 N–H and O–H groups in total. The number of anilines is 1. The molecule has 1 aromatic heterocycles. The fourth-order valence-electron chi connectivity index (χ4n) is 3.36. The highest BCUT2D eigenvalue weighted by molar-refractivity contribution is 5.89. The van der Waals surface area contributed by atoms with Crippen molar-refractivity contribution in [1.29, 1.82) is 0 Å². The molecule has 0 bridgehead atoms. The number of pyridine rings is 1. The number of fused-ring (bicyclic) bond motifs is 1. The number of unbranched alkanes of at least 4 members (excludes halogenated alkanes) is 1. The number of nitrogens with zero attached hydrogens (tertiary/aromatic N) is 1. The van der Waals surface area contributed by atoms with E-state index in [2.05, 4.69) is 27.8 Å². The lowest BCUT2D eigenvalue weighted by molar-refractivity contribution is -0.139. The van der Waals surface area contributed by atoms with Crippen molar-refractivity contribution in [2.24, 2.45) is 5.92 Å². The number of nitrogens with one attached hydrogen (secondary N) is 2. The molecule has 0 fully saturated rings. The van der Waals surface area contributed by atoms with Gasteiger partial charge in [0.25, 0.3) is 0 Å². The van der Waals surface area contributed by atoms with Crippen molar-refractivity contribution < 1.29 is 24.2 Å². The highest BCUT2D eigenvalue weighted by Gasteiger charge is 2.20. The smallest absolute Gasteiger partial charge is 0.407 e. The van der Waals surface area contributed by atoms with E-state index in [0.717, 1.165) is 50.2 Å². The molecule has 1 atom stereocenters. The van der Waals surface area contributed by atoms with Crippen LogP contribution in [0.1, 0.15) is 63.6 Å². The van der Waals surface area contributed by atoms with Gasteiger partial charge < -0.3 is 20.5 Å². The Kier molecular flexibility index (Phi) is 10.7. The summed E-state index contributed by atoms with van der Waals surface area (Å²) in [5.41, 5.74) is 2.31. The van der Waals surface area contributed by atoms with Crippen molar-refractivity contribution in [2.45, 2.75) is 71.3 Å². The predicted molar refractivity (Wildman–Crippen MR) is 123 cm³/mol. The van der Waals surface area contributed by atoms with Gasteiger partial charge in [-0.1, -0.05) is 26.0 Å². The van der Waals surface area contributed by atoms with Gasteiger partial charge in [-0.05, 0) is 68.6 Å². The molecule has 0 spiro atoms. The molecule has 8 heteroatoms. The monoisotopic (exact) mass is 445 g/mol. The van der Waals surface area contributed by atoms with Gasteiger partial charge in [-0.3, -0.25) is 4.79 Å². The molecule has 176 valence electrons. The zero-order valence-electron chi connectivity index (χ0n) is 19.1. The molecule has 8 nitrogen and oxygen atoms in total. The molecule has 1 aliphatic heterocycles. The van der Waals surface area contributed by atoms with E-state index in [1.165, 1.54) is 11.6 Å². The van der Waals surface area contributed by atoms with Crippen molar-refractivity contribution in [2.75, 3.05) is 18.5 Å². The number of amides is 1. The Morgan fingerprint density at radius 1 is 1.28 bits per heavy atom. The number of carbonyl (C=O) groups excluding carboxylic acids is 2. The number of allylic oxidation sites excluding steroid dienone is 2. The molecule has 1 amide bonds. The Hall–Kier alpha value is -2.90. The number of carbonyl (C=O) groups is 3. The second-order valence-electron chi connectivity index (χ2n) is 8.52. The van der Waals surface area contributed by atoms with Crippen LogP contribution in [0.4, 0.5) is 10.6 Å². The van der Waals surface area contributed by atoms with Crippen LogP contribution in [-0.2, 0) is 27.2 Å². The molecule has 0 aromatic carbocycles. The Morgan fingerprint density at radius 3 is 2.84 bits per heavy atom. The first-order chi connectivity index (χ1) is 15.3. The lowest BCUT2D eigenvalue weighted by Crippen LogP contribution is -2.41. The maximum absolute atomic E-state index is 12.0. The van der Waals surface area contributed by atoms with Crippen LogP contribution in [0, 0.1) is 5.92 Å². The molecule has 32 heavy (non-hydrogen) atoms. The summed E-state index contributed by atoms with van der Waals surface area (Å²) in [7, 11) is 0. The fourth-order valence-corrected chi connectivity index (χ4v) is 3.36. The molecule has 2 heterocycles. The van der Waals surface area contributed by atoms with E-state index >= 15 is 0 Å². The lowest BCUT2D eigenvalue weighted by Gasteiger charge is -2.17. The Balaban J connectivity index is 1.63. The Morgan fingerprint density at radius 2 is 2.09 bits per heavy atom. The van der Waals surface area contributed by atoms with E-state index in [1.807, 2.05) is 13.8 Å². The molecule has 0 saturated heterocycles. The number of ether oxygens (including phenoxy) is 1. The summed E-state index contributed by atoms with van der Waals surface area (Å²) in [5, 5.41) is 14.9. The number of ketones is 1. The molecule has 1 aliphatic rings. The second kappa shape index (κ2) is 13.5. The first kappa shape index (κ1) is 25.4. The minimum Gasteiger partial charge on any atom is -0.480 e. The van der Waals surface area contributed by atoms with E-state index in [-0.39, 0.29) is 24.7 Å². The van der Waals surface area contributed by atoms with E-state index < -0.39 is 18.1 Å². The van der Waals surface area contributed by atoms with Crippen LogP contribution >= 0.6 is 0 Å². The number of hydrogen-bond donors (Lipinski definition) is 3. The van der Waals surface area contributed by atoms with Gasteiger partial charge in [0, 0.05) is 18.7 Å². The average molecular weight is 446 g/mol. The molecular weight excluding hydrogens is 410 g/mol. The summed E-state index contributed by atoms with van der Waals surface area (Å²) in [4.78, 5) is 39.6. The highest BCUT2D eigenvalue weighted by atomic mass is 16.5. The summed E-state index contributed by atoms with van der Waals surface area (Å²) in [5.74, 6) is 0.0535. The minimum atomic E-state index is -1.13. The number of hydrogen-bond acceptors (Lipinski definition) is 6. The number of alkyl carbamates (subject to hydrolysis) is 1. The summed E-state index contributed by atoms with van der Waals surface area (Å²) in [6.07, 6.45) is 8.14. The third-order valence-electron chi connectivity index (χ3n) is 5.12. The van der Waals surface area contributed by atoms with Gasteiger partial charge in [0.15, 0.2) is 5.78 Å². The van der Waals surface area contributed by atoms with Crippen LogP contribution in [0.3, 0.4) is 0 Å². The lowest BCUT2D eigenvalue weighted by atomic mass is 10.0. The Labute approximate surface area is 189 Å². The average Bonchev–Trinajstić information content (AvgIpc) is 2.77. The number of carboxylic acids is 1. The van der Waals surface area contributed by atoms with Gasteiger partial charge in [0.1, 0.15) is 11.9 Å². The second-order valence-corrected chi connectivity index (χ2v) is 8.52. The molecule has 0 aliphatic carbocycles. The van der Waals surface area contributed by atoms with Crippen molar-refractivity contribution in [1.82, 2.24) is 10.3 Å². The van der Waals surface area contributed by atoms with Gasteiger partial charge in [-0.2, -0.15) is 0 Å². The predicted octanol–water partition coefficient (Wildman–Crippen LogP) is 3.89. The zero-order valence-corrected chi connectivity index (χ0v) is 19.1. The summed E-state index contributed by atoms with van der Waals surface area (Å²) >= 11 is 0. The van der Waals surface area contributed by atoms with Crippen LogP contribution in [-0.4, -0.2) is 47.1 Å². The fraction of sp³-hybridized carbons (Fsp3) is 0.583. The summed E-state index contributed by atoms with van der Waals surface area (Å²) in [6, 6.07) is 3.16.